The lowest BCUT2D eigenvalue weighted by atomic mass is 9.94. The lowest BCUT2D eigenvalue weighted by Crippen LogP contribution is -2.62. The largest absolute Gasteiger partial charge is 0.347 e. The highest BCUT2D eigenvalue weighted by atomic mass is 19.3. The molecule has 41 heavy (non-hydrogen) atoms. The molecule has 2 amide bonds. The van der Waals surface area contributed by atoms with Crippen molar-refractivity contribution in [3.05, 3.63) is 78.5 Å². The molecule has 13 heteroatoms. The molecule has 10 nitrogen and oxygen atoms in total. The van der Waals surface area contributed by atoms with Gasteiger partial charge in [-0.2, -0.15) is 18.6 Å². The number of amides is 2. The van der Waals surface area contributed by atoms with Crippen LogP contribution in [0.3, 0.4) is 0 Å². The summed E-state index contributed by atoms with van der Waals surface area (Å²) in [6, 6.07) is 14.5. The molecule has 1 fully saturated rings. The first-order chi connectivity index (χ1) is 19.6. The summed E-state index contributed by atoms with van der Waals surface area (Å²) in [6.07, 6.45) is 5.78. The van der Waals surface area contributed by atoms with E-state index in [1.807, 2.05) is 58.3 Å². The molecular weight excluding hydrogens is 537 g/mol. The maximum Gasteiger partial charge on any atom is 0.321 e. The van der Waals surface area contributed by atoms with Crippen LogP contribution in [0.5, 0.6) is 0 Å². The summed E-state index contributed by atoms with van der Waals surface area (Å²) in [5.41, 5.74) is 1.13. The first kappa shape index (κ1) is 26.6. The fourth-order valence-corrected chi connectivity index (χ4v) is 5.43. The maximum atomic E-state index is 13.6. The zero-order chi connectivity index (χ0) is 28.8. The number of aromatic nitrogens is 4. The minimum atomic E-state index is -3.49. The number of halogens is 3. The predicted octanol–water partition coefficient (Wildman–Crippen LogP) is 3.07. The molecule has 4 heterocycles. The van der Waals surface area contributed by atoms with Gasteiger partial charge in [-0.05, 0) is 30.2 Å². The SMILES string of the molecule is CC(F)(F)C(=O)NC1CCN(C2(c3ccccc3)C=NC(=O)CN2c2ccc3c(cnn3-c3ncc(F)cn3)c2)C1. The highest BCUT2D eigenvalue weighted by Crippen LogP contribution is 2.40. The van der Waals surface area contributed by atoms with Crippen molar-refractivity contribution in [1.82, 2.24) is 30.0 Å². The number of alkyl halides is 2. The Morgan fingerprint density at radius 2 is 1.85 bits per heavy atom. The summed E-state index contributed by atoms with van der Waals surface area (Å²) >= 11 is 0. The van der Waals surface area contributed by atoms with Crippen molar-refractivity contribution in [2.75, 3.05) is 24.5 Å². The Labute approximate surface area is 232 Å². The molecular formula is C28H25F3N8O2. The highest BCUT2D eigenvalue weighted by molar-refractivity contribution is 5.98. The van der Waals surface area contributed by atoms with Crippen LogP contribution in [0.25, 0.3) is 16.9 Å². The Morgan fingerprint density at radius 1 is 1.10 bits per heavy atom. The molecule has 1 N–H and O–H groups in total. The Kier molecular flexibility index (Phi) is 6.53. The van der Waals surface area contributed by atoms with Crippen molar-refractivity contribution in [3.63, 3.8) is 0 Å². The molecule has 2 aliphatic heterocycles. The zero-order valence-electron chi connectivity index (χ0n) is 21.9. The first-order valence-electron chi connectivity index (χ1n) is 13.0. The van der Waals surface area contributed by atoms with Gasteiger partial charge in [0, 0.05) is 37.1 Å². The zero-order valence-corrected chi connectivity index (χ0v) is 21.9. The van der Waals surface area contributed by atoms with Crippen molar-refractivity contribution >= 4 is 34.6 Å². The number of hydrogen-bond donors (Lipinski definition) is 1. The van der Waals surface area contributed by atoms with Gasteiger partial charge in [0.25, 0.3) is 17.8 Å². The van der Waals surface area contributed by atoms with E-state index < -0.39 is 29.4 Å². The van der Waals surface area contributed by atoms with Gasteiger partial charge in [0.05, 0.1) is 30.3 Å². The van der Waals surface area contributed by atoms with Crippen molar-refractivity contribution in [2.45, 2.75) is 31.0 Å². The molecule has 6 rings (SSSR count). The molecule has 2 atom stereocenters. The molecule has 210 valence electrons. The number of hydrogen-bond acceptors (Lipinski definition) is 7. The summed E-state index contributed by atoms with van der Waals surface area (Å²) in [5, 5.41) is 7.56. The molecule has 2 aromatic heterocycles. The van der Waals surface area contributed by atoms with E-state index >= 15 is 0 Å². The van der Waals surface area contributed by atoms with E-state index in [-0.39, 0.29) is 24.9 Å². The lowest BCUT2D eigenvalue weighted by Gasteiger charge is -2.50. The van der Waals surface area contributed by atoms with Gasteiger partial charge in [-0.25, -0.2) is 19.4 Å². The van der Waals surface area contributed by atoms with Gasteiger partial charge in [0.15, 0.2) is 11.5 Å². The van der Waals surface area contributed by atoms with E-state index in [0.29, 0.717) is 31.1 Å². The summed E-state index contributed by atoms with van der Waals surface area (Å²) < 4.78 is 42.1. The number of carbonyl (C=O) groups is 2. The van der Waals surface area contributed by atoms with Crippen molar-refractivity contribution in [3.8, 4) is 5.95 Å². The molecule has 2 aliphatic rings. The van der Waals surface area contributed by atoms with E-state index in [0.717, 1.165) is 23.3 Å². The van der Waals surface area contributed by atoms with Crippen molar-refractivity contribution < 1.29 is 22.8 Å². The third-order valence-electron chi connectivity index (χ3n) is 7.36. The van der Waals surface area contributed by atoms with Crippen molar-refractivity contribution in [1.29, 1.82) is 0 Å². The quantitative estimate of drug-likeness (QED) is 0.385. The number of aliphatic imine (C=N–C) groups is 1. The third kappa shape index (κ3) is 4.82. The standard InChI is InChI=1S/C28H25F3N8O2/c1-27(30,31)25(41)36-21-9-10-37(15-21)28(19-5-3-2-4-6-19)17-34-24(40)16-38(28)22-7-8-23-18(11-22)12-35-39(23)26-32-13-20(29)14-33-26/h2-8,11-14,17,21H,9-10,15-16H2,1H3,(H,36,41). The fourth-order valence-electron chi connectivity index (χ4n) is 5.43. The minimum Gasteiger partial charge on any atom is -0.347 e. The molecule has 0 aliphatic carbocycles. The Morgan fingerprint density at radius 3 is 2.59 bits per heavy atom. The van der Waals surface area contributed by atoms with Crippen LogP contribution in [0.4, 0.5) is 18.9 Å². The molecule has 0 spiro atoms. The third-order valence-corrected chi connectivity index (χ3v) is 7.36. The fraction of sp³-hybridized carbons (Fsp3) is 0.286. The van der Waals surface area contributed by atoms with Gasteiger partial charge in [0.2, 0.25) is 0 Å². The van der Waals surface area contributed by atoms with Crippen LogP contribution in [0.15, 0.2) is 72.1 Å². The molecule has 2 aromatic carbocycles. The minimum absolute atomic E-state index is 0.0489. The van der Waals surface area contributed by atoms with Crippen LogP contribution in [0.1, 0.15) is 18.9 Å². The second-order valence-electron chi connectivity index (χ2n) is 10.1. The average Bonchev–Trinajstić information content (AvgIpc) is 3.61. The normalized spacial score (nSPS) is 21.5. The second-order valence-corrected chi connectivity index (χ2v) is 10.1. The number of carbonyl (C=O) groups excluding carboxylic acids is 2. The van der Waals surface area contributed by atoms with E-state index in [4.69, 9.17) is 0 Å². The summed E-state index contributed by atoms with van der Waals surface area (Å²) in [7, 11) is 0. The smallest absolute Gasteiger partial charge is 0.321 e. The molecule has 1 saturated heterocycles. The molecule has 2 unspecified atom stereocenters. The Balaban J connectivity index is 1.41. The topological polar surface area (TPSA) is 109 Å². The Hall–Kier alpha value is -4.65. The van der Waals surface area contributed by atoms with Crippen LogP contribution >= 0.6 is 0 Å². The number of rotatable bonds is 6. The summed E-state index contributed by atoms with van der Waals surface area (Å²) in [5.74, 6) is -5.52. The Bertz CT molecular complexity index is 1640. The average molecular weight is 563 g/mol. The summed E-state index contributed by atoms with van der Waals surface area (Å²) in [6.45, 7) is 1.23. The van der Waals surface area contributed by atoms with Crippen LogP contribution in [-0.2, 0) is 15.3 Å². The first-order valence-corrected chi connectivity index (χ1v) is 13.0. The monoisotopic (exact) mass is 562 g/mol. The maximum absolute atomic E-state index is 13.6. The molecule has 0 bridgehead atoms. The highest BCUT2D eigenvalue weighted by Gasteiger charge is 2.49. The van der Waals surface area contributed by atoms with E-state index in [9.17, 15) is 22.8 Å². The number of fused-ring (bicyclic) bond motifs is 1. The molecule has 0 radical (unpaired) electrons. The van der Waals surface area contributed by atoms with Crippen LogP contribution in [0, 0.1) is 5.82 Å². The number of nitrogens with zero attached hydrogens (tertiary/aromatic N) is 7. The second kappa shape index (κ2) is 10.1. The van der Waals surface area contributed by atoms with E-state index in [1.165, 1.54) is 4.68 Å². The van der Waals surface area contributed by atoms with Gasteiger partial charge in [-0.1, -0.05) is 30.3 Å². The lowest BCUT2D eigenvalue weighted by molar-refractivity contribution is -0.143. The number of likely N-dealkylation sites (tertiary alicyclic amines) is 1. The summed E-state index contributed by atoms with van der Waals surface area (Å²) in [4.78, 5) is 40.9. The van der Waals surface area contributed by atoms with Gasteiger partial charge < -0.3 is 10.2 Å². The van der Waals surface area contributed by atoms with Crippen LogP contribution < -0.4 is 10.2 Å². The number of nitrogens with one attached hydrogen (secondary N) is 1. The van der Waals surface area contributed by atoms with Crippen LogP contribution in [0.2, 0.25) is 0 Å². The number of anilines is 1. The van der Waals surface area contributed by atoms with E-state index in [2.05, 4.69) is 25.4 Å². The molecule has 4 aromatic rings. The van der Waals surface area contributed by atoms with Gasteiger partial charge in [-0.3, -0.25) is 14.5 Å². The van der Waals surface area contributed by atoms with E-state index in [1.54, 1.807) is 12.4 Å². The van der Waals surface area contributed by atoms with Crippen molar-refractivity contribution in [2.24, 2.45) is 4.99 Å². The van der Waals surface area contributed by atoms with Gasteiger partial charge >= 0.3 is 5.92 Å². The number of benzene rings is 2. The van der Waals surface area contributed by atoms with Gasteiger partial charge in [-0.15, -0.1) is 0 Å². The van der Waals surface area contributed by atoms with Gasteiger partial charge in [0.1, 0.15) is 6.54 Å². The predicted molar refractivity (Wildman–Crippen MR) is 144 cm³/mol. The van der Waals surface area contributed by atoms with Crippen LogP contribution in [-0.4, -0.2) is 74.3 Å². The molecule has 0 saturated carbocycles.